The molecule has 0 amide bonds. The van der Waals surface area contributed by atoms with Gasteiger partial charge in [-0.25, -0.2) is 4.68 Å². The van der Waals surface area contributed by atoms with Crippen molar-refractivity contribution in [3.05, 3.63) is 111 Å². The lowest BCUT2D eigenvalue weighted by molar-refractivity contribution is 0.896. The molecule has 0 bridgehead atoms. The van der Waals surface area contributed by atoms with Gasteiger partial charge in [0.25, 0.3) is 5.56 Å². The minimum absolute atomic E-state index is 0.119. The number of hydrogen-bond donors (Lipinski definition) is 2. The van der Waals surface area contributed by atoms with E-state index in [0.29, 0.717) is 17.8 Å². The predicted octanol–water partition coefficient (Wildman–Crippen LogP) is 5.92. The summed E-state index contributed by atoms with van der Waals surface area (Å²) in [7, 11) is 0. The SMILES string of the molecule is Cc1ccc(-c2nn(-c3ccccc3)c3[nH]c(=O)c(CNc4ccc(C)c(C)c4)cc23)cc1. The number of nitrogens with one attached hydrogen (secondary N) is 2. The van der Waals surface area contributed by atoms with Gasteiger partial charge in [-0.15, -0.1) is 0 Å². The number of benzene rings is 3. The minimum atomic E-state index is -0.119. The van der Waals surface area contributed by atoms with Crippen LogP contribution in [-0.2, 0) is 6.54 Å². The zero-order chi connectivity index (χ0) is 22.9. The lowest BCUT2D eigenvalue weighted by Crippen LogP contribution is -2.16. The molecule has 0 atom stereocenters. The standard InChI is InChI=1S/C28H26N4O/c1-18-9-12-21(13-10-18)26-25-16-22(17-29-23-14-11-19(2)20(3)15-23)28(33)30-27(25)32(31-26)24-7-5-4-6-8-24/h4-16,29H,17H2,1-3H3,(H,30,33). The fraction of sp³-hybridized carbons (Fsp3) is 0.143. The summed E-state index contributed by atoms with van der Waals surface area (Å²) in [6.07, 6.45) is 0. The van der Waals surface area contributed by atoms with Crippen molar-refractivity contribution in [3.63, 3.8) is 0 Å². The molecule has 0 aliphatic rings. The molecule has 5 heteroatoms. The van der Waals surface area contributed by atoms with Gasteiger partial charge >= 0.3 is 0 Å². The fourth-order valence-corrected chi connectivity index (χ4v) is 3.98. The first kappa shape index (κ1) is 20.8. The third-order valence-electron chi connectivity index (χ3n) is 6.08. The molecule has 0 aliphatic carbocycles. The third kappa shape index (κ3) is 4.05. The van der Waals surface area contributed by atoms with Crippen molar-refractivity contribution in [3.8, 4) is 16.9 Å². The van der Waals surface area contributed by atoms with Gasteiger partial charge in [-0.2, -0.15) is 5.10 Å². The second-order valence-electron chi connectivity index (χ2n) is 8.50. The molecule has 164 valence electrons. The Kier molecular flexibility index (Phi) is 5.31. The van der Waals surface area contributed by atoms with E-state index in [2.05, 4.69) is 67.5 Å². The summed E-state index contributed by atoms with van der Waals surface area (Å²) < 4.78 is 1.81. The van der Waals surface area contributed by atoms with Crippen LogP contribution in [0.4, 0.5) is 5.69 Å². The first-order valence-corrected chi connectivity index (χ1v) is 11.1. The molecular formula is C28H26N4O. The molecule has 0 saturated heterocycles. The molecule has 5 aromatic rings. The molecule has 3 aromatic carbocycles. The van der Waals surface area contributed by atoms with Crippen LogP contribution in [0.25, 0.3) is 28.0 Å². The van der Waals surface area contributed by atoms with E-state index in [1.54, 1.807) is 0 Å². The van der Waals surface area contributed by atoms with Gasteiger partial charge in [0.2, 0.25) is 0 Å². The van der Waals surface area contributed by atoms with Crippen molar-refractivity contribution in [1.82, 2.24) is 14.8 Å². The molecule has 0 aliphatic heterocycles. The Balaban J connectivity index is 1.61. The monoisotopic (exact) mass is 434 g/mol. The van der Waals surface area contributed by atoms with Crippen LogP contribution in [-0.4, -0.2) is 14.8 Å². The van der Waals surface area contributed by atoms with Crippen LogP contribution in [0.5, 0.6) is 0 Å². The molecule has 5 rings (SSSR count). The first-order valence-electron chi connectivity index (χ1n) is 11.1. The molecule has 0 unspecified atom stereocenters. The number of pyridine rings is 1. The van der Waals surface area contributed by atoms with Gasteiger partial charge in [-0.1, -0.05) is 54.1 Å². The Bertz CT molecular complexity index is 1500. The summed E-state index contributed by atoms with van der Waals surface area (Å²) >= 11 is 0. The fourth-order valence-electron chi connectivity index (χ4n) is 3.98. The Morgan fingerprint density at radius 2 is 1.64 bits per heavy atom. The largest absolute Gasteiger partial charge is 0.381 e. The lowest BCUT2D eigenvalue weighted by atomic mass is 10.1. The normalized spacial score (nSPS) is 11.1. The maximum absolute atomic E-state index is 13.0. The first-order chi connectivity index (χ1) is 16.0. The van der Waals surface area contributed by atoms with Crippen LogP contribution in [0.15, 0.2) is 83.7 Å². The van der Waals surface area contributed by atoms with Crippen molar-refractivity contribution in [1.29, 1.82) is 0 Å². The second kappa shape index (κ2) is 8.43. The van der Waals surface area contributed by atoms with E-state index in [0.717, 1.165) is 28.0 Å². The summed E-state index contributed by atoms with van der Waals surface area (Å²) in [5.74, 6) is 0. The molecule has 33 heavy (non-hydrogen) atoms. The van der Waals surface area contributed by atoms with Crippen LogP contribution < -0.4 is 10.9 Å². The van der Waals surface area contributed by atoms with Crippen LogP contribution in [0.3, 0.4) is 0 Å². The van der Waals surface area contributed by atoms with E-state index in [1.807, 2.05) is 47.1 Å². The number of aryl methyl sites for hydroxylation is 3. The maximum atomic E-state index is 13.0. The number of para-hydroxylation sites is 1. The van der Waals surface area contributed by atoms with Crippen molar-refractivity contribution in [2.75, 3.05) is 5.32 Å². The summed E-state index contributed by atoms with van der Waals surface area (Å²) in [6.45, 7) is 6.68. The minimum Gasteiger partial charge on any atom is -0.381 e. The average molecular weight is 435 g/mol. The molecule has 2 aromatic heterocycles. The number of nitrogens with zero attached hydrogens (tertiary/aromatic N) is 2. The molecule has 2 N–H and O–H groups in total. The molecule has 2 heterocycles. The Morgan fingerprint density at radius 1 is 0.879 bits per heavy atom. The lowest BCUT2D eigenvalue weighted by Gasteiger charge is -2.09. The number of aromatic amines is 1. The highest BCUT2D eigenvalue weighted by molar-refractivity contribution is 5.92. The van der Waals surface area contributed by atoms with E-state index in [1.165, 1.54) is 16.7 Å². The number of rotatable bonds is 5. The smallest absolute Gasteiger partial charge is 0.254 e. The zero-order valence-electron chi connectivity index (χ0n) is 19.0. The Morgan fingerprint density at radius 3 is 2.36 bits per heavy atom. The van der Waals surface area contributed by atoms with Crippen molar-refractivity contribution in [2.45, 2.75) is 27.3 Å². The molecule has 0 saturated carbocycles. The van der Waals surface area contributed by atoms with Gasteiger partial charge < -0.3 is 10.3 Å². The quantitative estimate of drug-likeness (QED) is 0.361. The van der Waals surface area contributed by atoms with E-state index in [4.69, 9.17) is 5.10 Å². The molecule has 5 nitrogen and oxygen atoms in total. The highest BCUT2D eigenvalue weighted by Gasteiger charge is 2.16. The van der Waals surface area contributed by atoms with Crippen molar-refractivity contribution in [2.24, 2.45) is 0 Å². The molecule has 0 radical (unpaired) electrons. The van der Waals surface area contributed by atoms with E-state index < -0.39 is 0 Å². The van der Waals surface area contributed by atoms with Crippen LogP contribution >= 0.6 is 0 Å². The van der Waals surface area contributed by atoms with Crippen LogP contribution in [0.1, 0.15) is 22.3 Å². The zero-order valence-corrected chi connectivity index (χ0v) is 19.0. The topological polar surface area (TPSA) is 62.7 Å². The van der Waals surface area contributed by atoms with Crippen LogP contribution in [0.2, 0.25) is 0 Å². The van der Waals surface area contributed by atoms with Gasteiger partial charge in [-0.3, -0.25) is 4.79 Å². The highest BCUT2D eigenvalue weighted by atomic mass is 16.1. The van der Waals surface area contributed by atoms with Gasteiger partial charge in [-0.05, 0) is 62.2 Å². The van der Waals surface area contributed by atoms with Crippen molar-refractivity contribution >= 4 is 16.7 Å². The van der Waals surface area contributed by atoms with Gasteiger partial charge in [0.15, 0.2) is 0 Å². The summed E-state index contributed by atoms with van der Waals surface area (Å²) in [6, 6.07) is 26.4. The van der Waals surface area contributed by atoms with E-state index >= 15 is 0 Å². The number of fused-ring (bicyclic) bond motifs is 1. The van der Waals surface area contributed by atoms with Gasteiger partial charge in [0.05, 0.1) is 5.69 Å². The second-order valence-corrected chi connectivity index (χ2v) is 8.50. The molecular weight excluding hydrogens is 408 g/mol. The third-order valence-corrected chi connectivity index (χ3v) is 6.08. The predicted molar refractivity (Wildman–Crippen MR) is 135 cm³/mol. The van der Waals surface area contributed by atoms with E-state index in [9.17, 15) is 4.79 Å². The number of anilines is 1. The average Bonchev–Trinajstić information content (AvgIpc) is 3.19. The van der Waals surface area contributed by atoms with Gasteiger partial charge in [0, 0.05) is 28.7 Å². The number of H-pyrrole nitrogens is 1. The van der Waals surface area contributed by atoms with E-state index in [-0.39, 0.29) is 5.56 Å². The summed E-state index contributed by atoms with van der Waals surface area (Å²) in [5.41, 5.74) is 8.65. The number of hydrogen-bond acceptors (Lipinski definition) is 3. The summed E-state index contributed by atoms with van der Waals surface area (Å²) in [4.78, 5) is 16.1. The Labute approximate surface area is 192 Å². The summed E-state index contributed by atoms with van der Waals surface area (Å²) in [5, 5.41) is 9.22. The maximum Gasteiger partial charge on any atom is 0.254 e. The highest BCUT2D eigenvalue weighted by Crippen LogP contribution is 2.29. The number of aromatic nitrogens is 3. The molecule has 0 fully saturated rings. The van der Waals surface area contributed by atoms with Gasteiger partial charge in [0.1, 0.15) is 11.3 Å². The molecule has 0 spiro atoms. The Hall–Kier alpha value is -4.12. The van der Waals surface area contributed by atoms with Crippen LogP contribution in [0, 0.1) is 20.8 Å². The van der Waals surface area contributed by atoms with Crippen molar-refractivity contribution < 1.29 is 0 Å².